The lowest BCUT2D eigenvalue weighted by molar-refractivity contribution is 0.102. The van der Waals surface area contributed by atoms with Crippen LogP contribution in [0.4, 0.5) is 5.69 Å². The Morgan fingerprint density at radius 1 is 1.04 bits per heavy atom. The van der Waals surface area contributed by atoms with Crippen molar-refractivity contribution in [2.45, 2.75) is 20.8 Å². The lowest BCUT2D eigenvalue weighted by Gasteiger charge is -2.18. The first-order valence-electron chi connectivity index (χ1n) is 7.81. The molecule has 0 aliphatic heterocycles. The van der Waals surface area contributed by atoms with Crippen LogP contribution in [-0.2, 0) is 0 Å². The highest BCUT2D eigenvalue weighted by Crippen LogP contribution is 2.34. The Balaban J connectivity index is 2.47. The number of phenols is 3. The second kappa shape index (κ2) is 6.55. The largest absolute Gasteiger partial charge is 0.508 e. The summed E-state index contributed by atoms with van der Waals surface area (Å²) in [4.78, 5) is 12.7. The van der Waals surface area contributed by atoms with Crippen molar-refractivity contribution in [3.05, 3.63) is 40.5 Å². The molecule has 0 bridgehead atoms. The van der Waals surface area contributed by atoms with Crippen LogP contribution in [-0.4, -0.2) is 43.2 Å². The van der Waals surface area contributed by atoms with Gasteiger partial charge in [0.15, 0.2) is 11.5 Å². The van der Waals surface area contributed by atoms with Crippen molar-refractivity contribution in [2.24, 2.45) is 0 Å². The van der Waals surface area contributed by atoms with E-state index in [1.807, 2.05) is 22.4 Å². The third-order valence-corrected chi connectivity index (χ3v) is 4.27. The lowest BCUT2D eigenvalue weighted by atomic mass is 9.16. The third kappa shape index (κ3) is 3.09. The summed E-state index contributed by atoms with van der Waals surface area (Å²) in [6.45, 7) is 5.12. The van der Waals surface area contributed by atoms with Gasteiger partial charge in [-0.25, -0.2) is 0 Å². The van der Waals surface area contributed by atoms with Gasteiger partial charge in [-0.05, 0) is 50.1 Å². The first-order valence-corrected chi connectivity index (χ1v) is 7.81. The molecule has 0 radical (unpaired) electrons. The van der Waals surface area contributed by atoms with Gasteiger partial charge in [-0.1, -0.05) is 5.46 Å². The first-order chi connectivity index (χ1) is 11.1. The van der Waals surface area contributed by atoms with E-state index in [2.05, 4.69) is 5.32 Å². The second-order valence-electron chi connectivity index (χ2n) is 6.34. The number of amides is 1. The fourth-order valence-corrected chi connectivity index (χ4v) is 2.88. The minimum Gasteiger partial charge on any atom is -0.508 e. The number of phenolic OH excluding ortho intramolecular Hbond substituents is 3. The molecule has 122 valence electrons. The maximum absolute atomic E-state index is 12.7. The number of carbonyl (C=O) groups excluding carboxylic acids is 1. The molecule has 0 aliphatic carbocycles. The predicted molar refractivity (Wildman–Crippen MR) is 103 cm³/mol. The van der Waals surface area contributed by atoms with Crippen LogP contribution >= 0.6 is 0 Å². The highest BCUT2D eigenvalue weighted by molar-refractivity contribution is 7.35. The van der Waals surface area contributed by atoms with Crippen molar-refractivity contribution in [3.8, 4) is 17.2 Å². The average Bonchev–Trinajstić information content (AvgIpc) is 2.52. The topological polar surface area (TPSA) is 89.8 Å². The molecule has 0 unspecified atom stereocenters. The van der Waals surface area contributed by atoms with Crippen molar-refractivity contribution < 1.29 is 20.1 Å². The highest BCUT2D eigenvalue weighted by atomic mass is 16.3. The summed E-state index contributed by atoms with van der Waals surface area (Å²) < 4.78 is 0. The van der Waals surface area contributed by atoms with Crippen molar-refractivity contribution in [3.63, 3.8) is 0 Å². The number of nitrogens with one attached hydrogen (secondary N) is 1. The summed E-state index contributed by atoms with van der Waals surface area (Å²) in [6.07, 6.45) is 0. The summed E-state index contributed by atoms with van der Waals surface area (Å²) in [7, 11) is 3.97. The summed E-state index contributed by atoms with van der Waals surface area (Å²) in [5.41, 5.74) is 3.24. The van der Waals surface area contributed by atoms with Gasteiger partial charge in [-0.2, -0.15) is 0 Å². The van der Waals surface area contributed by atoms with E-state index in [4.69, 9.17) is 0 Å². The summed E-state index contributed by atoms with van der Waals surface area (Å²) in [5, 5.41) is 32.4. The van der Waals surface area contributed by atoms with Crippen LogP contribution in [0.2, 0.25) is 0 Å². The van der Waals surface area contributed by atoms with Gasteiger partial charge in [0, 0.05) is 16.8 Å². The summed E-state index contributed by atoms with van der Waals surface area (Å²) in [6, 6.07) is 4.75. The number of aryl methyl sites for hydroxylation is 1. The highest BCUT2D eigenvalue weighted by Gasteiger charge is 2.20. The zero-order chi connectivity index (χ0) is 18.2. The molecule has 0 aliphatic rings. The van der Waals surface area contributed by atoms with E-state index >= 15 is 0 Å². The molecular formula is C16H20B3NO4. The zero-order valence-corrected chi connectivity index (χ0v) is 14.6. The van der Waals surface area contributed by atoms with E-state index in [9.17, 15) is 20.1 Å². The Labute approximate surface area is 143 Å². The Morgan fingerprint density at radius 3 is 2.25 bits per heavy atom. The molecule has 0 saturated heterocycles. The van der Waals surface area contributed by atoms with Crippen LogP contribution in [0.25, 0.3) is 0 Å². The van der Waals surface area contributed by atoms with Crippen LogP contribution in [0.3, 0.4) is 0 Å². The molecule has 4 N–H and O–H groups in total. The predicted octanol–water partition coefficient (Wildman–Crippen LogP) is -0.0576. The summed E-state index contributed by atoms with van der Waals surface area (Å²) >= 11 is 0. The van der Waals surface area contributed by atoms with Gasteiger partial charge in [0.25, 0.3) is 5.91 Å². The van der Waals surface area contributed by atoms with Crippen molar-refractivity contribution >= 4 is 39.0 Å². The third-order valence-electron chi connectivity index (χ3n) is 4.27. The SMILES string of the molecule is BB(B)c1c(NC(=O)c2cc(C)c(O)c(O)c2C)ccc(O)c1C. The number of anilines is 1. The molecule has 0 saturated carbocycles. The molecule has 0 spiro atoms. The number of benzene rings is 2. The van der Waals surface area contributed by atoms with Gasteiger partial charge in [-0.3, -0.25) is 4.79 Å². The van der Waals surface area contributed by atoms with E-state index < -0.39 is 0 Å². The quantitative estimate of drug-likeness (QED) is 0.362. The molecule has 24 heavy (non-hydrogen) atoms. The smallest absolute Gasteiger partial charge is 0.256 e. The van der Waals surface area contributed by atoms with Crippen LogP contribution in [0.15, 0.2) is 18.2 Å². The Bertz CT molecular complexity index is 822. The van der Waals surface area contributed by atoms with E-state index in [1.165, 1.54) is 0 Å². The number of carbonyl (C=O) groups is 1. The number of aromatic hydroxyl groups is 3. The Morgan fingerprint density at radius 2 is 1.67 bits per heavy atom. The van der Waals surface area contributed by atoms with Gasteiger partial charge < -0.3 is 20.6 Å². The molecule has 2 rings (SSSR count). The molecular weight excluding hydrogens is 303 g/mol. The molecule has 0 aromatic heterocycles. The number of rotatable bonds is 3. The molecule has 2 aromatic carbocycles. The van der Waals surface area contributed by atoms with E-state index in [0.717, 1.165) is 11.0 Å². The standard InChI is InChI=1S/C16H20B3NO4/c1-7-6-10(8(2)15(23)14(7)22)16(24)20-11-4-5-12(21)9(3)13(11)19(17)18/h4-6,21-23H,17-18H2,1-3H3,(H,20,24). The average molecular weight is 323 g/mol. The molecule has 0 fully saturated rings. The zero-order valence-electron chi connectivity index (χ0n) is 14.6. The summed E-state index contributed by atoms with van der Waals surface area (Å²) in [5.74, 6) is -0.692. The van der Waals surface area contributed by atoms with Crippen molar-refractivity contribution in [2.75, 3.05) is 5.32 Å². The number of hydrogen-bond donors (Lipinski definition) is 4. The Kier molecular flexibility index (Phi) is 4.87. The fourth-order valence-electron chi connectivity index (χ4n) is 2.88. The molecule has 5 nitrogen and oxygen atoms in total. The monoisotopic (exact) mass is 323 g/mol. The van der Waals surface area contributed by atoms with Gasteiger partial charge in [-0.15, -0.1) is 0 Å². The molecule has 2 aromatic rings. The first kappa shape index (κ1) is 17.9. The minimum atomic E-state index is -0.377. The molecule has 0 heterocycles. The van der Waals surface area contributed by atoms with E-state index in [1.54, 1.807) is 32.0 Å². The molecule has 0 atom stereocenters. The normalized spacial score (nSPS) is 10.5. The molecule has 8 heteroatoms. The number of hydrogen-bond acceptors (Lipinski definition) is 4. The maximum Gasteiger partial charge on any atom is 0.256 e. The van der Waals surface area contributed by atoms with Crippen LogP contribution < -0.4 is 10.8 Å². The van der Waals surface area contributed by atoms with Crippen molar-refractivity contribution in [1.29, 1.82) is 0 Å². The fraction of sp³-hybridized carbons (Fsp3) is 0.188. The van der Waals surface area contributed by atoms with Gasteiger partial charge in [0.2, 0.25) is 0 Å². The Hall–Kier alpha value is -2.50. The van der Waals surface area contributed by atoms with Crippen LogP contribution in [0.1, 0.15) is 27.0 Å². The second-order valence-corrected chi connectivity index (χ2v) is 6.34. The molecule has 1 amide bonds. The maximum atomic E-state index is 12.7. The van der Waals surface area contributed by atoms with E-state index in [-0.39, 0.29) is 29.7 Å². The van der Waals surface area contributed by atoms with Gasteiger partial charge in [0.05, 0.1) is 15.5 Å². The minimum absolute atomic E-state index is 0.114. The van der Waals surface area contributed by atoms with Crippen LogP contribution in [0, 0.1) is 20.8 Å². The van der Waals surface area contributed by atoms with E-state index in [0.29, 0.717) is 22.4 Å². The van der Waals surface area contributed by atoms with Crippen molar-refractivity contribution in [1.82, 2.24) is 0 Å². The van der Waals surface area contributed by atoms with Crippen LogP contribution in [0.5, 0.6) is 17.2 Å². The van der Waals surface area contributed by atoms with Gasteiger partial charge >= 0.3 is 0 Å². The lowest BCUT2D eigenvalue weighted by Crippen LogP contribution is -2.37. The van der Waals surface area contributed by atoms with Gasteiger partial charge in [0.1, 0.15) is 12.2 Å².